The van der Waals surface area contributed by atoms with Gasteiger partial charge in [-0.15, -0.1) is 11.3 Å². The molecule has 1 aromatic heterocycles. The van der Waals surface area contributed by atoms with Crippen LogP contribution in [-0.2, 0) is 21.6 Å². The van der Waals surface area contributed by atoms with Crippen LogP contribution < -0.4 is 0 Å². The number of carboxylic acids is 1. The van der Waals surface area contributed by atoms with Crippen LogP contribution in [0.2, 0.25) is 0 Å². The van der Waals surface area contributed by atoms with Gasteiger partial charge in [0.25, 0.3) is 0 Å². The van der Waals surface area contributed by atoms with Crippen molar-refractivity contribution in [3.8, 4) is 11.3 Å². The Morgan fingerprint density at radius 1 is 1.38 bits per heavy atom. The molecule has 1 atom stereocenters. The van der Waals surface area contributed by atoms with Gasteiger partial charge in [0.15, 0.2) is 0 Å². The summed E-state index contributed by atoms with van der Waals surface area (Å²) in [5.41, 5.74) is 1.20. The lowest BCUT2D eigenvalue weighted by Crippen LogP contribution is -2.22. The number of aromatic nitrogens is 1. The van der Waals surface area contributed by atoms with Crippen LogP contribution in [-0.4, -0.2) is 23.2 Å². The molecule has 21 heavy (non-hydrogen) atoms. The van der Waals surface area contributed by atoms with Crippen LogP contribution in [0.1, 0.15) is 30.2 Å². The van der Waals surface area contributed by atoms with E-state index in [0.717, 1.165) is 27.6 Å². The van der Waals surface area contributed by atoms with E-state index in [1.54, 1.807) is 7.11 Å². The number of carboxylic acid groups (broad SMARTS) is 1. The van der Waals surface area contributed by atoms with Gasteiger partial charge in [-0.2, -0.15) is 0 Å². The first-order valence-corrected chi connectivity index (χ1v) is 7.64. The number of ether oxygens (including phenoxy) is 1. The summed E-state index contributed by atoms with van der Waals surface area (Å²) in [7, 11) is 1.66. The molecule has 0 aliphatic rings. The molecule has 0 fully saturated rings. The third-order valence-corrected chi connectivity index (χ3v) is 4.93. The fourth-order valence-electron chi connectivity index (χ4n) is 2.04. The average Bonchev–Trinajstić information content (AvgIpc) is 2.91. The number of hydrogen-bond acceptors (Lipinski definition) is 4. The first kappa shape index (κ1) is 15.7. The first-order valence-electron chi connectivity index (χ1n) is 6.82. The van der Waals surface area contributed by atoms with E-state index in [9.17, 15) is 4.79 Å². The molecule has 0 aliphatic heterocycles. The highest BCUT2D eigenvalue weighted by molar-refractivity contribution is 7.12. The maximum atomic E-state index is 11.1. The van der Waals surface area contributed by atoms with Gasteiger partial charge < -0.3 is 9.84 Å². The van der Waals surface area contributed by atoms with E-state index < -0.39 is 11.6 Å². The normalized spacial score (nSPS) is 13.9. The molecule has 1 aromatic carbocycles. The van der Waals surface area contributed by atoms with E-state index >= 15 is 0 Å². The zero-order valence-electron chi connectivity index (χ0n) is 12.4. The predicted octanol–water partition coefficient (Wildman–Crippen LogP) is 3.71. The van der Waals surface area contributed by atoms with Crippen molar-refractivity contribution in [3.05, 3.63) is 40.2 Å². The summed E-state index contributed by atoms with van der Waals surface area (Å²) < 4.78 is 5.58. The molecule has 2 aromatic rings. The van der Waals surface area contributed by atoms with Gasteiger partial charge in [0.1, 0.15) is 10.6 Å². The summed E-state index contributed by atoms with van der Waals surface area (Å²) in [5.74, 6) is -0.849. The second-order valence-corrected chi connectivity index (χ2v) is 6.10. The highest BCUT2D eigenvalue weighted by Crippen LogP contribution is 2.37. The molecule has 1 unspecified atom stereocenters. The number of hydrogen-bond donors (Lipinski definition) is 1. The topological polar surface area (TPSA) is 59.4 Å². The van der Waals surface area contributed by atoms with Crippen molar-refractivity contribution >= 4 is 17.3 Å². The zero-order chi connectivity index (χ0) is 15.5. The molecular weight excluding hydrogens is 286 g/mol. The molecule has 5 heteroatoms. The third kappa shape index (κ3) is 3.31. The number of nitrogens with zero attached hydrogens (tertiary/aromatic N) is 1. The van der Waals surface area contributed by atoms with Crippen LogP contribution >= 0.6 is 11.3 Å². The molecule has 0 amide bonds. The molecule has 0 saturated carbocycles. The fraction of sp³-hybridized carbons (Fsp3) is 0.375. The Kier molecular flexibility index (Phi) is 4.75. The van der Waals surface area contributed by atoms with E-state index in [2.05, 4.69) is 4.98 Å². The van der Waals surface area contributed by atoms with Gasteiger partial charge in [-0.1, -0.05) is 37.3 Å². The lowest BCUT2D eigenvalue weighted by molar-refractivity contribution is -0.136. The van der Waals surface area contributed by atoms with Crippen molar-refractivity contribution < 1.29 is 14.6 Å². The van der Waals surface area contributed by atoms with Gasteiger partial charge in [-0.25, -0.2) is 4.98 Å². The van der Waals surface area contributed by atoms with Crippen molar-refractivity contribution in [2.75, 3.05) is 7.11 Å². The second-order valence-electron chi connectivity index (χ2n) is 5.02. The minimum absolute atomic E-state index is 0.0224. The third-order valence-electron chi connectivity index (χ3n) is 3.63. The first-order chi connectivity index (χ1) is 10.00. The Balaban J connectivity index is 2.53. The summed E-state index contributed by atoms with van der Waals surface area (Å²) in [6.45, 7) is 4.01. The quantitative estimate of drug-likeness (QED) is 0.884. The van der Waals surface area contributed by atoms with Gasteiger partial charge in [0.05, 0.1) is 12.1 Å². The maximum absolute atomic E-state index is 11.1. The largest absolute Gasteiger partial charge is 0.481 e. The van der Waals surface area contributed by atoms with Crippen LogP contribution in [0.5, 0.6) is 0 Å². The van der Waals surface area contributed by atoms with Crippen molar-refractivity contribution in [1.82, 2.24) is 4.98 Å². The zero-order valence-corrected chi connectivity index (χ0v) is 13.2. The van der Waals surface area contributed by atoms with Crippen molar-refractivity contribution in [3.63, 3.8) is 0 Å². The molecule has 0 aliphatic carbocycles. The van der Waals surface area contributed by atoms with Gasteiger partial charge in [-0.3, -0.25) is 4.79 Å². The van der Waals surface area contributed by atoms with Crippen molar-refractivity contribution in [2.45, 2.75) is 32.3 Å². The molecule has 4 nitrogen and oxygen atoms in total. The van der Waals surface area contributed by atoms with Crippen molar-refractivity contribution in [1.29, 1.82) is 0 Å². The second kappa shape index (κ2) is 6.37. The molecular formula is C16H19NO3S. The van der Waals surface area contributed by atoms with E-state index in [1.807, 2.05) is 44.2 Å². The van der Waals surface area contributed by atoms with Crippen LogP contribution in [0.4, 0.5) is 0 Å². The fourth-order valence-corrected chi connectivity index (χ4v) is 3.31. The smallest absolute Gasteiger partial charge is 0.308 e. The molecule has 0 saturated heterocycles. The van der Waals surface area contributed by atoms with E-state index in [4.69, 9.17) is 9.84 Å². The number of methoxy groups -OCH3 is 1. The minimum atomic E-state index is -0.849. The van der Waals surface area contributed by atoms with Crippen LogP contribution in [0.25, 0.3) is 11.3 Å². The summed E-state index contributed by atoms with van der Waals surface area (Å²) >= 11 is 1.42. The standard InChI is InChI=1S/C16H19NO3S/c1-4-16(2,20-3)15-17-14(11-8-6-5-7-9-11)12(21-15)10-13(18)19/h5-9H,4,10H2,1-3H3,(H,18,19). The molecule has 0 radical (unpaired) electrons. The van der Waals surface area contributed by atoms with Crippen LogP contribution in [0.3, 0.4) is 0 Å². The van der Waals surface area contributed by atoms with E-state index in [1.165, 1.54) is 11.3 Å². The maximum Gasteiger partial charge on any atom is 0.308 e. The Hall–Kier alpha value is -1.72. The monoisotopic (exact) mass is 305 g/mol. The Bertz CT molecular complexity index is 618. The lowest BCUT2D eigenvalue weighted by atomic mass is 10.0. The summed E-state index contributed by atoms with van der Waals surface area (Å²) in [6, 6.07) is 9.67. The highest BCUT2D eigenvalue weighted by Gasteiger charge is 2.30. The SMILES string of the molecule is CCC(C)(OC)c1nc(-c2ccccc2)c(CC(=O)O)s1. The van der Waals surface area contributed by atoms with Gasteiger partial charge in [0.2, 0.25) is 0 Å². The summed E-state index contributed by atoms with van der Waals surface area (Å²) in [6.07, 6.45) is 0.753. The number of rotatable bonds is 6. The Labute approximate surface area is 128 Å². The summed E-state index contributed by atoms with van der Waals surface area (Å²) in [5, 5.41) is 9.93. The van der Waals surface area contributed by atoms with Gasteiger partial charge >= 0.3 is 5.97 Å². The number of thiazole rings is 1. The molecule has 2 rings (SSSR count). The van der Waals surface area contributed by atoms with Crippen molar-refractivity contribution in [2.24, 2.45) is 0 Å². The van der Waals surface area contributed by atoms with E-state index in [0.29, 0.717) is 0 Å². The Morgan fingerprint density at radius 3 is 2.57 bits per heavy atom. The highest BCUT2D eigenvalue weighted by atomic mass is 32.1. The van der Waals surface area contributed by atoms with E-state index in [-0.39, 0.29) is 6.42 Å². The average molecular weight is 305 g/mol. The van der Waals surface area contributed by atoms with Gasteiger partial charge in [0, 0.05) is 17.6 Å². The molecule has 1 N–H and O–H groups in total. The molecule has 0 bridgehead atoms. The molecule has 1 heterocycles. The number of aliphatic carboxylic acids is 1. The molecule has 0 spiro atoms. The Morgan fingerprint density at radius 2 is 2.05 bits per heavy atom. The van der Waals surface area contributed by atoms with Gasteiger partial charge in [-0.05, 0) is 13.3 Å². The number of carbonyl (C=O) groups is 1. The number of benzene rings is 1. The lowest BCUT2D eigenvalue weighted by Gasteiger charge is -2.23. The van der Waals surface area contributed by atoms with Crippen LogP contribution in [0, 0.1) is 0 Å². The minimum Gasteiger partial charge on any atom is -0.481 e. The molecule has 112 valence electrons. The van der Waals surface area contributed by atoms with Crippen LogP contribution in [0.15, 0.2) is 30.3 Å². The predicted molar refractivity (Wildman–Crippen MR) is 83.5 cm³/mol. The summed E-state index contributed by atoms with van der Waals surface area (Å²) in [4.78, 5) is 16.5.